The molecule has 1 aromatic rings. The van der Waals surface area contributed by atoms with Crippen LogP contribution in [0.15, 0.2) is 24.4 Å². The Morgan fingerprint density at radius 3 is 2.90 bits per heavy atom. The Hall–Kier alpha value is -1.42. The van der Waals surface area contributed by atoms with Crippen LogP contribution >= 0.6 is 0 Å². The van der Waals surface area contributed by atoms with Crippen molar-refractivity contribution >= 4 is 12.2 Å². The van der Waals surface area contributed by atoms with Crippen molar-refractivity contribution in [2.45, 2.75) is 0 Å². The molecule has 0 fully saturated rings. The lowest BCUT2D eigenvalue weighted by molar-refractivity contribution is 0.551. The first-order valence-corrected chi connectivity index (χ1v) is 2.68. The number of carbonyl (C=O) groups excluding carboxylic acids is 1. The van der Waals surface area contributed by atoms with Crippen LogP contribution in [-0.2, 0) is 4.79 Å². The van der Waals surface area contributed by atoms with Gasteiger partial charge in [0.2, 0.25) is 0 Å². The molecule has 51 valence electrons. The number of pyridine rings is 1. The number of hydrogen-bond donors (Lipinski definition) is 1. The Balaban J connectivity index is 2.84. The molecule has 1 radical (unpaired) electrons. The zero-order chi connectivity index (χ0) is 7.40. The summed E-state index contributed by atoms with van der Waals surface area (Å²) in [5.74, 6) is 5.53. The van der Waals surface area contributed by atoms with E-state index in [1.54, 1.807) is 24.4 Å². The summed E-state index contributed by atoms with van der Waals surface area (Å²) in [4.78, 5) is 13.7. The number of anilines is 1. The van der Waals surface area contributed by atoms with Crippen molar-refractivity contribution in [3.8, 4) is 0 Å². The first-order chi connectivity index (χ1) is 4.84. The van der Waals surface area contributed by atoms with Crippen molar-refractivity contribution in [1.82, 2.24) is 4.98 Å². The molecule has 1 aromatic heterocycles. The predicted molar refractivity (Wildman–Crippen MR) is 36.6 cm³/mol. The molecule has 10 heavy (non-hydrogen) atoms. The fourth-order valence-electron chi connectivity index (χ4n) is 0.543. The van der Waals surface area contributed by atoms with Gasteiger partial charge in [0.1, 0.15) is 5.82 Å². The van der Waals surface area contributed by atoms with Crippen LogP contribution in [0.4, 0.5) is 5.82 Å². The number of nitrogens with two attached hydrogens (primary N) is 1. The molecular weight excluding hydrogens is 130 g/mol. The zero-order valence-electron chi connectivity index (χ0n) is 5.19. The summed E-state index contributed by atoms with van der Waals surface area (Å²) >= 11 is 0. The Kier molecular flexibility index (Phi) is 1.96. The van der Waals surface area contributed by atoms with Crippen LogP contribution in [-0.4, -0.2) is 11.4 Å². The van der Waals surface area contributed by atoms with Crippen LogP contribution < -0.4 is 10.9 Å². The summed E-state index contributed by atoms with van der Waals surface area (Å²) < 4.78 is 0. The van der Waals surface area contributed by atoms with Crippen molar-refractivity contribution in [1.29, 1.82) is 0 Å². The molecule has 1 rings (SSSR count). The monoisotopic (exact) mass is 136 g/mol. The van der Waals surface area contributed by atoms with Gasteiger partial charge in [0, 0.05) is 6.20 Å². The first kappa shape index (κ1) is 6.70. The molecule has 0 aliphatic carbocycles. The van der Waals surface area contributed by atoms with Crippen LogP contribution in [0.25, 0.3) is 0 Å². The molecule has 0 spiro atoms. The van der Waals surface area contributed by atoms with Gasteiger partial charge in [-0.2, -0.15) is 0 Å². The smallest absolute Gasteiger partial charge is 0.261 e. The van der Waals surface area contributed by atoms with Gasteiger partial charge < -0.3 is 0 Å². The Labute approximate surface area is 58.2 Å². The maximum absolute atomic E-state index is 9.94. The van der Waals surface area contributed by atoms with Gasteiger partial charge in [0.05, 0.1) is 0 Å². The molecule has 1 amide bonds. The van der Waals surface area contributed by atoms with Gasteiger partial charge in [-0.1, -0.05) is 6.07 Å². The standard InChI is InChI=1S/C6H6N3O/c7-9(5-10)6-3-1-2-4-8-6/h1-4H,7H2. The van der Waals surface area contributed by atoms with Crippen LogP contribution in [0, 0.1) is 0 Å². The van der Waals surface area contributed by atoms with Crippen molar-refractivity contribution in [3.63, 3.8) is 0 Å². The van der Waals surface area contributed by atoms with Crippen molar-refractivity contribution < 1.29 is 4.79 Å². The molecule has 1 heterocycles. The Bertz CT molecular complexity index is 211. The molecular formula is C6H6N3O. The lowest BCUT2D eigenvalue weighted by atomic mass is 10.5. The van der Waals surface area contributed by atoms with E-state index >= 15 is 0 Å². The Morgan fingerprint density at radius 2 is 2.40 bits per heavy atom. The molecule has 0 unspecified atom stereocenters. The Morgan fingerprint density at radius 1 is 1.60 bits per heavy atom. The molecule has 0 saturated heterocycles. The van der Waals surface area contributed by atoms with E-state index in [0.29, 0.717) is 5.82 Å². The van der Waals surface area contributed by atoms with Gasteiger partial charge in [-0.05, 0) is 12.1 Å². The minimum atomic E-state index is 0.387. The van der Waals surface area contributed by atoms with Crippen molar-refractivity contribution in [2.24, 2.45) is 5.84 Å². The van der Waals surface area contributed by atoms with E-state index in [4.69, 9.17) is 5.84 Å². The van der Waals surface area contributed by atoms with Crippen LogP contribution in [0.5, 0.6) is 0 Å². The summed E-state index contributed by atoms with van der Waals surface area (Å²) in [6, 6.07) is 5.09. The third kappa shape index (κ3) is 1.29. The summed E-state index contributed by atoms with van der Waals surface area (Å²) in [6.45, 7) is 0. The molecule has 0 aliphatic rings. The third-order valence-corrected chi connectivity index (χ3v) is 0.994. The van der Waals surface area contributed by atoms with Gasteiger partial charge >= 0.3 is 6.41 Å². The van der Waals surface area contributed by atoms with Crippen LogP contribution in [0.3, 0.4) is 0 Å². The summed E-state index contributed by atoms with van der Waals surface area (Å²) in [5.41, 5.74) is 0. The maximum atomic E-state index is 9.94. The topological polar surface area (TPSA) is 59.2 Å². The molecule has 4 heteroatoms. The average molecular weight is 136 g/mol. The van der Waals surface area contributed by atoms with E-state index in [1.165, 1.54) is 6.41 Å². The van der Waals surface area contributed by atoms with E-state index in [9.17, 15) is 4.79 Å². The molecule has 0 aromatic carbocycles. The van der Waals surface area contributed by atoms with Gasteiger partial charge in [0.15, 0.2) is 0 Å². The average Bonchev–Trinajstić information content (AvgIpc) is 2.05. The first-order valence-electron chi connectivity index (χ1n) is 2.68. The quantitative estimate of drug-likeness (QED) is 0.266. The highest BCUT2D eigenvalue weighted by molar-refractivity contribution is 5.71. The van der Waals surface area contributed by atoms with E-state index < -0.39 is 0 Å². The lowest BCUT2D eigenvalue weighted by Gasteiger charge is -2.04. The number of amides is 1. The van der Waals surface area contributed by atoms with E-state index in [2.05, 4.69) is 4.98 Å². The van der Waals surface area contributed by atoms with E-state index in [1.807, 2.05) is 0 Å². The highest BCUT2D eigenvalue weighted by atomic mass is 16.1. The normalized spacial score (nSPS) is 8.90. The van der Waals surface area contributed by atoms with Crippen LogP contribution in [0.1, 0.15) is 0 Å². The van der Waals surface area contributed by atoms with E-state index in [0.717, 1.165) is 5.01 Å². The summed E-state index contributed by atoms with van der Waals surface area (Å²) in [5, 5.41) is 0.792. The largest absolute Gasteiger partial charge is 0.333 e. The molecule has 0 atom stereocenters. The number of nitrogens with zero attached hydrogens (tertiary/aromatic N) is 2. The third-order valence-electron chi connectivity index (χ3n) is 0.994. The van der Waals surface area contributed by atoms with E-state index in [-0.39, 0.29) is 0 Å². The second-order valence-corrected chi connectivity index (χ2v) is 1.65. The van der Waals surface area contributed by atoms with Crippen molar-refractivity contribution in [2.75, 3.05) is 5.01 Å². The molecule has 0 saturated carbocycles. The minimum absolute atomic E-state index is 0.387. The van der Waals surface area contributed by atoms with Gasteiger partial charge in [-0.15, -0.1) is 0 Å². The highest BCUT2D eigenvalue weighted by Crippen LogP contribution is 2.00. The SMILES string of the molecule is NN([C]=O)c1ccccn1. The second kappa shape index (κ2) is 2.93. The molecule has 0 aliphatic heterocycles. The van der Waals surface area contributed by atoms with Gasteiger partial charge in [0.25, 0.3) is 0 Å². The highest BCUT2D eigenvalue weighted by Gasteiger charge is 1.97. The number of rotatable bonds is 2. The summed E-state index contributed by atoms with van der Waals surface area (Å²) in [7, 11) is 0. The molecule has 2 N–H and O–H groups in total. The predicted octanol–water partition coefficient (Wildman–Crippen LogP) is -0.171. The fraction of sp³-hybridized carbons (Fsp3) is 0. The number of hydrogen-bond acceptors (Lipinski definition) is 3. The minimum Gasteiger partial charge on any atom is -0.261 e. The van der Waals surface area contributed by atoms with Gasteiger partial charge in [-0.3, -0.25) is 4.79 Å². The number of hydrazine groups is 1. The van der Waals surface area contributed by atoms with Crippen LogP contribution in [0.2, 0.25) is 0 Å². The second-order valence-electron chi connectivity index (χ2n) is 1.65. The van der Waals surface area contributed by atoms with Crippen molar-refractivity contribution in [3.05, 3.63) is 24.4 Å². The number of aromatic nitrogens is 1. The zero-order valence-corrected chi connectivity index (χ0v) is 5.19. The fourth-order valence-corrected chi connectivity index (χ4v) is 0.543. The molecule has 4 nitrogen and oxygen atoms in total. The molecule has 0 bridgehead atoms. The maximum Gasteiger partial charge on any atom is 0.333 e. The summed E-state index contributed by atoms with van der Waals surface area (Å²) in [6.07, 6.45) is 3.03. The lowest BCUT2D eigenvalue weighted by Crippen LogP contribution is -2.29. The van der Waals surface area contributed by atoms with Gasteiger partial charge in [-0.25, -0.2) is 15.8 Å².